The number of amides is 2. The molecular formula is C25H31N3O4S2. The van der Waals surface area contributed by atoms with Gasteiger partial charge in [-0.2, -0.15) is 0 Å². The number of hydrogen-bond acceptors (Lipinski definition) is 7. The van der Waals surface area contributed by atoms with Gasteiger partial charge in [0.25, 0.3) is 11.8 Å². The van der Waals surface area contributed by atoms with Crippen LogP contribution in [-0.2, 0) is 24.5 Å². The SMILES string of the molecule is C=C(C)C(=O)OCCN1C(=C2C(=O)N(CC)C(=S)N(CC)C2=O)Sc2cc(C(C)(C)C)ccc21. The second kappa shape index (κ2) is 9.92. The summed E-state index contributed by atoms with van der Waals surface area (Å²) in [6.07, 6.45) is 0. The Hall–Kier alpha value is -2.65. The van der Waals surface area contributed by atoms with Crippen molar-refractivity contribution in [2.24, 2.45) is 0 Å². The van der Waals surface area contributed by atoms with Crippen LogP contribution in [-0.4, -0.2) is 58.9 Å². The number of esters is 1. The zero-order valence-electron chi connectivity index (χ0n) is 20.6. The van der Waals surface area contributed by atoms with Crippen molar-refractivity contribution in [3.05, 3.63) is 46.5 Å². The van der Waals surface area contributed by atoms with Gasteiger partial charge < -0.3 is 9.64 Å². The minimum atomic E-state index is -0.478. The Bertz CT molecular complexity index is 1080. The number of fused-ring (bicyclic) bond motifs is 1. The molecule has 9 heteroatoms. The highest BCUT2D eigenvalue weighted by Gasteiger charge is 2.43. The summed E-state index contributed by atoms with van der Waals surface area (Å²) in [5.41, 5.74) is 2.35. The smallest absolute Gasteiger partial charge is 0.333 e. The molecule has 3 rings (SSSR count). The van der Waals surface area contributed by atoms with Crippen LogP contribution >= 0.6 is 24.0 Å². The summed E-state index contributed by atoms with van der Waals surface area (Å²) < 4.78 is 5.33. The van der Waals surface area contributed by atoms with Crippen molar-refractivity contribution >= 4 is 52.6 Å². The van der Waals surface area contributed by atoms with Crippen molar-refractivity contribution in [3.63, 3.8) is 0 Å². The van der Waals surface area contributed by atoms with Crippen molar-refractivity contribution in [1.29, 1.82) is 0 Å². The van der Waals surface area contributed by atoms with Gasteiger partial charge in [-0.3, -0.25) is 19.4 Å². The zero-order chi connectivity index (χ0) is 25.4. The lowest BCUT2D eigenvalue weighted by Gasteiger charge is -2.36. The van der Waals surface area contributed by atoms with Crippen LogP contribution < -0.4 is 4.90 Å². The monoisotopic (exact) mass is 501 g/mol. The molecule has 182 valence electrons. The minimum absolute atomic E-state index is 0.0615. The number of thioether (sulfide) groups is 1. The summed E-state index contributed by atoms with van der Waals surface area (Å²) in [6, 6.07) is 6.14. The van der Waals surface area contributed by atoms with E-state index in [-0.39, 0.29) is 29.3 Å². The fourth-order valence-corrected chi connectivity index (χ4v) is 5.41. The van der Waals surface area contributed by atoms with Crippen LogP contribution in [0.5, 0.6) is 0 Å². The first-order chi connectivity index (χ1) is 15.9. The van der Waals surface area contributed by atoms with Gasteiger partial charge in [-0.15, -0.1) is 0 Å². The van der Waals surface area contributed by atoms with Crippen LogP contribution in [0.25, 0.3) is 0 Å². The fourth-order valence-electron chi connectivity index (χ4n) is 3.74. The molecule has 1 aromatic carbocycles. The van der Waals surface area contributed by atoms with Gasteiger partial charge in [0.15, 0.2) is 5.11 Å². The summed E-state index contributed by atoms with van der Waals surface area (Å²) in [5.74, 6) is -1.29. The molecule has 0 saturated carbocycles. The van der Waals surface area contributed by atoms with Crippen molar-refractivity contribution in [1.82, 2.24) is 9.80 Å². The van der Waals surface area contributed by atoms with E-state index in [1.54, 1.807) is 6.92 Å². The van der Waals surface area contributed by atoms with Gasteiger partial charge in [-0.1, -0.05) is 45.2 Å². The molecular weight excluding hydrogens is 470 g/mol. The molecule has 0 atom stereocenters. The number of benzene rings is 1. The number of likely N-dealkylation sites (N-methyl/N-ethyl adjacent to an activating group) is 2. The number of thiocarbonyl (C=S) groups is 1. The molecule has 0 N–H and O–H groups in total. The minimum Gasteiger partial charge on any atom is -0.460 e. The molecule has 0 aromatic heterocycles. The number of anilines is 1. The van der Waals surface area contributed by atoms with Gasteiger partial charge in [0, 0.05) is 23.6 Å². The lowest BCUT2D eigenvalue weighted by molar-refractivity contribution is -0.139. The van der Waals surface area contributed by atoms with Crippen molar-refractivity contribution in [2.75, 3.05) is 31.1 Å². The van der Waals surface area contributed by atoms with E-state index in [4.69, 9.17) is 17.0 Å². The molecule has 0 radical (unpaired) electrons. The third-order valence-corrected chi connectivity index (χ3v) is 7.30. The highest BCUT2D eigenvalue weighted by atomic mass is 32.2. The van der Waals surface area contributed by atoms with Gasteiger partial charge in [0.2, 0.25) is 0 Å². The second-order valence-electron chi connectivity index (χ2n) is 9.16. The summed E-state index contributed by atoms with van der Waals surface area (Å²) in [6.45, 7) is 16.4. The molecule has 2 aliphatic rings. The maximum Gasteiger partial charge on any atom is 0.333 e. The predicted molar refractivity (Wildman–Crippen MR) is 139 cm³/mol. The zero-order valence-corrected chi connectivity index (χ0v) is 22.2. The molecule has 2 heterocycles. The number of ether oxygens (including phenoxy) is 1. The Balaban J connectivity index is 2.10. The van der Waals surface area contributed by atoms with E-state index >= 15 is 0 Å². The predicted octanol–water partition coefficient (Wildman–Crippen LogP) is 4.22. The van der Waals surface area contributed by atoms with E-state index in [9.17, 15) is 14.4 Å². The first kappa shape index (κ1) is 26.0. The molecule has 0 unspecified atom stereocenters. The summed E-state index contributed by atoms with van der Waals surface area (Å²) in [5, 5.41) is 0.753. The Morgan fingerprint density at radius 2 is 1.68 bits per heavy atom. The number of hydrogen-bond donors (Lipinski definition) is 0. The standard InChI is InChI=1S/C25H31N3O4S2/c1-8-26-20(29)19(21(30)27(9-2)24(26)33)22-28(12-13-32-23(31)15(3)4)17-11-10-16(25(5,6)7)14-18(17)34-22/h10-11,14H,3,8-9,12-13H2,1-2,4-7H3. The quantitative estimate of drug-likeness (QED) is 0.250. The van der Waals surface area contributed by atoms with E-state index in [1.807, 2.05) is 24.8 Å². The van der Waals surface area contributed by atoms with Crippen LogP contribution in [0.15, 0.2) is 45.8 Å². The van der Waals surface area contributed by atoms with Gasteiger partial charge in [-0.05, 0) is 56.1 Å². The van der Waals surface area contributed by atoms with Crippen LogP contribution in [0.3, 0.4) is 0 Å². The average molecular weight is 502 g/mol. The van der Waals surface area contributed by atoms with E-state index in [2.05, 4.69) is 39.5 Å². The van der Waals surface area contributed by atoms with Crippen LogP contribution in [0.2, 0.25) is 0 Å². The third-order valence-electron chi connectivity index (χ3n) is 5.69. The Morgan fingerprint density at radius 3 is 2.18 bits per heavy atom. The molecule has 34 heavy (non-hydrogen) atoms. The van der Waals surface area contributed by atoms with E-state index in [0.717, 1.165) is 16.1 Å². The Kier molecular flexibility index (Phi) is 7.57. The van der Waals surface area contributed by atoms with Gasteiger partial charge in [0.05, 0.1) is 17.3 Å². The lowest BCUT2D eigenvalue weighted by Crippen LogP contribution is -2.56. The second-order valence-corrected chi connectivity index (χ2v) is 10.6. The van der Waals surface area contributed by atoms with E-state index in [1.165, 1.54) is 21.6 Å². The third kappa shape index (κ3) is 4.77. The van der Waals surface area contributed by atoms with Crippen molar-refractivity contribution in [2.45, 2.75) is 51.9 Å². The summed E-state index contributed by atoms with van der Waals surface area (Å²) in [4.78, 5) is 44.5. The van der Waals surface area contributed by atoms with Crippen LogP contribution in [0.4, 0.5) is 5.69 Å². The van der Waals surface area contributed by atoms with E-state index in [0.29, 0.717) is 23.7 Å². The Morgan fingerprint density at radius 1 is 1.09 bits per heavy atom. The largest absolute Gasteiger partial charge is 0.460 e. The number of nitrogens with zero attached hydrogens (tertiary/aromatic N) is 3. The van der Waals surface area contributed by atoms with Gasteiger partial charge >= 0.3 is 5.97 Å². The summed E-state index contributed by atoms with van der Waals surface area (Å²) in [7, 11) is 0. The van der Waals surface area contributed by atoms with Gasteiger partial charge in [0.1, 0.15) is 12.2 Å². The molecule has 0 spiro atoms. The van der Waals surface area contributed by atoms with Crippen molar-refractivity contribution < 1.29 is 19.1 Å². The maximum absolute atomic E-state index is 13.4. The Labute approximate surface area is 210 Å². The molecule has 0 bridgehead atoms. The molecule has 1 fully saturated rings. The first-order valence-corrected chi connectivity index (χ1v) is 12.5. The van der Waals surface area contributed by atoms with Crippen LogP contribution in [0, 0.1) is 0 Å². The molecule has 0 aliphatic carbocycles. The maximum atomic E-state index is 13.4. The van der Waals surface area contributed by atoms with Crippen LogP contribution in [0.1, 0.15) is 47.1 Å². The average Bonchev–Trinajstić information content (AvgIpc) is 3.11. The number of carbonyl (C=O) groups is 3. The normalized spacial score (nSPS) is 16.4. The highest BCUT2D eigenvalue weighted by Crippen LogP contribution is 2.49. The molecule has 2 amide bonds. The van der Waals surface area contributed by atoms with Gasteiger partial charge in [-0.25, -0.2) is 4.79 Å². The molecule has 7 nitrogen and oxygen atoms in total. The number of rotatable bonds is 6. The van der Waals surface area contributed by atoms with Crippen molar-refractivity contribution in [3.8, 4) is 0 Å². The molecule has 1 aromatic rings. The molecule has 1 saturated heterocycles. The summed E-state index contributed by atoms with van der Waals surface area (Å²) >= 11 is 6.80. The molecule has 2 aliphatic heterocycles. The topological polar surface area (TPSA) is 70.2 Å². The fraction of sp³-hybridized carbons (Fsp3) is 0.440. The number of carbonyl (C=O) groups excluding carboxylic acids is 3. The highest BCUT2D eigenvalue weighted by molar-refractivity contribution is 8.03. The van der Waals surface area contributed by atoms with E-state index < -0.39 is 17.8 Å². The first-order valence-electron chi connectivity index (χ1n) is 11.3. The lowest BCUT2D eigenvalue weighted by atomic mass is 9.87.